The molecule has 0 aliphatic carbocycles. The molecule has 2 heterocycles. The van der Waals surface area contributed by atoms with Crippen LogP contribution in [-0.4, -0.2) is 36.6 Å². The van der Waals surface area contributed by atoms with Gasteiger partial charge in [-0.2, -0.15) is 0 Å². The Bertz CT molecular complexity index is 1460. The number of benzene rings is 2. The number of methoxy groups -OCH3 is 2. The van der Waals surface area contributed by atoms with E-state index in [4.69, 9.17) is 9.47 Å². The van der Waals surface area contributed by atoms with Crippen molar-refractivity contribution in [2.45, 2.75) is 20.8 Å². The van der Waals surface area contributed by atoms with Crippen molar-refractivity contribution in [3.8, 4) is 5.69 Å². The summed E-state index contributed by atoms with van der Waals surface area (Å²) in [7, 11) is 2.55. The third-order valence-corrected chi connectivity index (χ3v) is 6.20. The molecule has 0 unspecified atom stereocenters. The van der Waals surface area contributed by atoms with Crippen molar-refractivity contribution in [3.63, 3.8) is 0 Å². The number of hydrogen-bond acceptors (Lipinski definition) is 5. The molecule has 1 aliphatic heterocycles. The second-order valence-electron chi connectivity index (χ2n) is 8.27. The van der Waals surface area contributed by atoms with E-state index < -0.39 is 23.7 Å². The van der Waals surface area contributed by atoms with Gasteiger partial charge in [-0.3, -0.25) is 9.69 Å². The van der Waals surface area contributed by atoms with E-state index >= 15 is 0 Å². The number of para-hydroxylation sites is 2. The molecule has 0 N–H and O–H groups in total. The minimum Gasteiger partial charge on any atom is -0.465 e. The Morgan fingerprint density at radius 3 is 2.14 bits per heavy atom. The molecule has 36 heavy (non-hydrogen) atoms. The smallest absolute Gasteiger partial charge is 0.340 e. The lowest BCUT2D eigenvalue weighted by atomic mass is 10.0. The van der Waals surface area contributed by atoms with Crippen LogP contribution in [0.3, 0.4) is 0 Å². The van der Waals surface area contributed by atoms with Gasteiger partial charge in [0.05, 0.1) is 42.3 Å². The zero-order chi connectivity index (χ0) is 26.1. The van der Waals surface area contributed by atoms with E-state index in [2.05, 4.69) is 0 Å². The number of carbonyl (C=O) groups is 3. The number of carbonyl (C=O) groups excluding carboxylic acids is 3. The lowest BCUT2D eigenvalue weighted by molar-refractivity contribution is -0.136. The predicted molar refractivity (Wildman–Crippen MR) is 133 cm³/mol. The molecule has 2 aromatic carbocycles. The summed E-state index contributed by atoms with van der Waals surface area (Å²) in [6.07, 6.45) is 1.60. The number of amides is 1. The normalized spacial score (nSPS) is 14.6. The fourth-order valence-corrected chi connectivity index (χ4v) is 4.51. The molecule has 4 rings (SSSR count). The summed E-state index contributed by atoms with van der Waals surface area (Å²) < 4.78 is 26.4. The standard InChI is InChI=1S/C28H25FN2O5/c1-16-14-19(17(2)30(16)23-12-8-6-10-20(23)27(33)35-4)15-21-25(28(34)36-5)18(3)31(26(21)32)24-13-9-7-11-22(24)29/h6-15H,1-5H3/b21-15-. The minimum absolute atomic E-state index is 0.0438. The highest BCUT2D eigenvalue weighted by Gasteiger charge is 2.39. The van der Waals surface area contributed by atoms with Crippen LogP contribution in [-0.2, 0) is 19.1 Å². The van der Waals surface area contributed by atoms with E-state index in [1.807, 2.05) is 30.5 Å². The Morgan fingerprint density at radius 2 is 1.50 bits per heavy atom. The van der Waals surface area contributed by atoms with Gasteiger partial charge in [0, 0.05) is 17.1 Å². The van der Waals surface area contributed by atoms with E-state index in [9.17, 15) is 18.8 Å². The lowest BCUT2D eigenvalue weighted by Gasteiger charge is -2.18. The number of nitrogens with zero attached hydrogens (tertiary/aromatic N) is 2. The van der Waals surface area contributed by atoms with Crippen molar-refractivity contribution >= 4 is 29.6 Å². The summed E-state index contributed by atoms with van der Waals surface area (Å²) in [5.74, 6) is -2.31. The molecule has 0 saturated carbocycles. The van der Waals surface area contributed by atoms with Gasteiger partial charge in [0.1, 0.15) is 5.82 Å². The molecule has 3 aromatic rings. The monoisotopic (exact) mass is 488 g/mol. The highest BCUT2D eigenvalue weighted by Crippen LogP contribution is 2.37. The number of anilines is 1. The molecule has 8 heteroatoms. The average Bonchev–Trinajstić information content (AvgIpc) is 3.29. The number of aromatic nitrogens is 1. The molecule has 0 radical (unpaired) electrons. The molecule has 1 aliphatic rings. The van der Waals surface area contributed by atoms with Crippen LogP contribution >= 0.6 is 0 Å². The zero-order valence-corrected chi connectivity index (χ0v) is 20.6. The van der Waals surface area contributed by atoms with E-state index in [1.54, 1.807) is 37.3 Å². The highest BCUT2D eigenvalue weighted by atomic mass is 19.1. The Balaban J connectivity index is 1.88. The first-order valence-electron chi connectivity index (χ1n) is 11.2. The van der Waals surface area contributed by atoms with Gasteiger partial charge in [-0.15, -0.1) is 0 Å². The Kier molecular flexibility index (Phi) is 6.61. The first kappa shape index (κ1) is 24.7. The van der Waals surface area contributed by atoms with Crippen molar-refractivity contribution < 1.29 is 28.2 Å². The maximum absolute atomic E-state index is 14.6. The van der Waals surface area contributed by atoms with Crippen LogP contribution in [0.2, 0.25) is 0 Å². The Morgan fingerprint density at radius 1 is 0.889 bits per heavy atom. The number of rotatable bonds is 5. The molecule has 0 saturated heterocycles. The number of hydrogen-bond donors (Lipinski definition) is 0. The van der Waals surface area contributed by atoms with Crippen LogP contribution in [0.25, 0.3) is 11.8 Å². The maximum atomic E-state index is 14.6. The third kappa shape index (κ3) is 4.00. The second kappa shape index (κ2) is 9.65. The summed E-state index contributed by atoms with van der Waals surface area (Å²) in [5.41, 5.74) is 3.65. The van der Waals surface area contributed by atoms with E-state index in [0.717, 1.165) is 11.4 Å². The zero-order valence-electron chi connectivity index (χ0n) is 20.6. The third-order valence-electron chi connectivity index (χ3n) is 6.20. The number of ether oxygens (including phenoxy) is 2. The highest BCUT2D eigenvalue weighted by molar-refractivity contribution is 6.24. The van der Waals surface area contributed by atoms with Gasteiger partial charge in [0.25, 0.3) is 5.91 Å². The van der Waals surface area contributed by atoms with Crippen LogP contribution in [0.1, 0.15) is 34.2 Å². The van der Waals surface area contributed by atoms with Gasteiger partial charge in [0.15, 0.2) is 0 Å². The van der Waals surface area contributed by atoms with E-state index in [1.165, 1.54) is 37.3 Å². The van der Waals surface area contributed by atoms with Crippen LogP contribution in [0.4, 0.5) is 10.1 Å². The van der Waals surface area contributed by atoms with Crippen LogP contribution in [0.15, 0.2) is 71.4 Å². The summed E-state index contributed by atoms with van der Waals surface area (Å²) in [6, 6.07) is 14.7. The minimum atomic E-state index is -0.698. The molecule has 0 atom stereocenters. The SMILES string of the molecule is COC(=O)C1=C(C)N(c2ccccc2F)C(=O)/C1=C\c1cc(C)n(-c2ccccc2C(=O)OC)c1C. The van der Waals surface area contributed by atoms with E-state index in [-0.39, 0.29) is 22.5 Å². The number of halogens is 1. The average molecular weight is 489 g/mol. The molecule has 7 nitrogen and oxygen atoms in total. The number of allylic oxidation sites excluding steroid dienone is 1. The molecule has 0 bridgehead atoms. The van der Waals surface area contributed by atoms with Gasteiger partial charge < -0.3 is 14.0 Å². The van der Waals surface area contributed by atoms with Crippen LogP contribution < -0.4 is 4.90 Å². The van der Waals surface area contributed by atoms with Crippen LogP contribution in [0, 0.1) is 19.7 Å². The molecule has 1 aromatic heterocycles. The molecular weight excluding hydrogens is 463 g/mol. The predicted octanol–water partition coefficient (Wildman–Crippen LogP) is 4.90. The quantitative estimate of drug-likeness (QED) is 0.377. The molecule has 0 spiro atoms. The summed E-state index contributed by atoms with van der Waals surface area (Å²) >= 11 is 0. The van der Waals surface area contributed by atoms with Crippen molar-refractivity contribution in [3.05, 3.63) is 99.8 Å². The Hall–Kier alpha value is -4.46. The van der Waals surface area contributed by atoms with E-state index in [0.29, 0.717) is 16.8 Å². The largest absolute Gasteiger partial charge is 0.465 e. The second-order valence-corrected chi connectivity index (χ2v) is 8.27. The van der Waals surface area contributed by atoms with Crippen molar-refractivity contribution in [2.24, 2.45) is 0 Å². The maximum Gasteiger partial charge on any atom is 0.340 e. The van der Waals surface area contributed by atoms with Crippen molar-refractivity contribution in [1.82, 2.24) is 4.57 Å². The Labute approximate surface area is 208 Å². The molecule has 1 amide bonds. The van der Waals surface area contributed by atoms with Gasteiger partial charge in [-0.1, -0.05) is 24.3 Å². The van der Waals surface area contributed by atoms with Gasteiger partial charge >= 0.3 is 11.9 Å². The fraction of sp³-hybridized carbons (Fsp3) is 0.179. The first-order valence-corrected chi connectivity index (χ1v) is 11.2. The summed E-state index contributed by atoms with van der Waals surface area (Å²) in [4.78, 5) is 39.8. The van der Waals surface area contributed by atoms with Crippen LogP contribution in [0.5, 0.6) is 0 Å². The molecule has 184 valence electrons. The summed E-state index contributed by atoms with van der Waals surface area (Å²) in [5, 5.41) is 0. The molecular formula is C28H25FN2O5. The van der Waals surface area contributed by atoms with Crippen molar-refractivity contribution in [1.29, 1.82) is 0 Å². The lowest BCUT2D eigenvalue weighted by Crippen LogP contribution is -2.25. The van der Waals surface area contributed by atoms with Crippen molar-refractivity contribution in [2.75, 3.05) is 19.1 Å². The summed E-state index contributed by atoms with van der Waals surface area (Å²) in [6.45, 7) is 5.29. The fourth-order valence-electron chi connectivity index (χ4n) is 4.51. The van der Waals surface area contributed by atoms with Gasteiger partial charge in [-0.05, 0) is 62.7 Å². The molecule has 0 fully saturated rings. The first-order chi connectivity index (χ1) is 17.2. The number of aryl methyl sites for hydroxylation is 1. The van der Waals surface area contributed by atoms with Gasteiger partial charge in [-0.25, -0.2) is 14.0 Å². The van der Waals surface area contributed by atoms with Gasteiger partial charge in [0.2, 0.25) is 0 Å². The topological polar surface area (TPSA) is 77.8 Å². The number of esters is 2.